The molecule has 1 aromatic rings. The second kappa shape index (κ2) is 7.15. The van der Waals surface area contributed by atoms with Gasteiger partial charge in [-0.15, -0.1) is 0 Å². The molecule has 0 radical (unpaired) electrons. The molecule has 2 saturated heterocycles. The monoisotopic (exact) mass is 338 g/mol. The summed E-state index contributed by atoms with van der Waals surface area (Å²) in [5.41, 5.74) is 1.06. The van der Waals surface area contributed by atoms with Crippen LogP contribution in [0.1, 0.15) is 24.8 Å². The summed E-state index contributed by atoms with van der Waals surface area (Å²) < 4.78 is 28.7. The van der Waals surface area contributed by atoms with Gasteiger partial charge in [-0.25, -0.2) is 8.78 Å². The Morgan fingerprint density at radius 3 is 2.67 bits per heavy atom. The van der Waals surface area contributed by atoms with Crippen molar-refractivity contribution in [2.75, 3.05) is 26.2 Å². The first kappa shape index (κ1) is 17.3. The molecule has 2 fully saturated rings. The molecule has 0 spiro atoms. The van der Waals surface area contributed by atoms with E-state index in [0.29, 0.717) is 25.9 Å². The van der Waals surface area contributed by atoms with Gasteiger partial charge < -0.3 is 10.0 Å². The number of benzene rings is 1. The summed E-state index contributed by atoms with van der Waals surface area (Å²) in [6, 6.07) is 9.69. The quantitative estimate of drug-likeness (QED) is 0.918. The van der Waals surface area contributed by atoms with Crippen LogP contribution in [0.25, 0.3) is 0 Å². The maximum absolute atomic E-state index is 14.3. The number of carbonyl (C=O) groups is 1. The number of likely N-dealkylation sites (tertiary alicyclic amines) is 2. The molecule has 0 bridgehead atoms. The van der Waals surface area contributed by atoms with Gasteiger partial charge in [0.25, 0.3) is 5.92 Å². The van der Waals surface area contributed by atoms with E-state index >= 15 is 0 Å². The first-order valence-corrected chi connectivity index (χ1v) is 8.56. The maximum atomic E-state index is 14.3. The number of β-amino-alcohol motifs (C(OH)–C–C–N with tert-alkyl or cyclic N) is 1. The standard InChI is InChI=1S/C18H24F2N2O2/c19-18(20)8-10-21(11-14-5-2-1-3-6-14)13-16(18)17(24)22-9-4-7-15(23)12-22/h1-3,5-6,15-16,23H,4,7-13H2/t15-,16?/m1/s1. The Hall–Kier alpha value is -1.53. The van der Waals surface area contributed by atoms with Crippen molar-refractivity contribution < 1.29 is 18.7 Å². The van der Waals surface area contributed by atoms with Gasteiger partial charge in [-0.05, 0) is 18.4 Å². The summed E-state index contributed by atoms with van der Waals surface area (Å²) in [4.78, 5) is 16.0. The number of carbonyl (C=O) groups excluding carboxylic acids is 1. The van der Waals surface area contributed by atoms with Crippen LogP contribution in [-0.4, -0.2) is 59.0 Å². The van der Waals surface area contributed by atoms with Crippen LogP contribution in [-0.2, 0) is 11.3 Å². The zero-order valence-electron chi connectivity index (χ0n) is 13.7. The molecular formula is C18H24F2N2O2. The summed E-state index contributed by atoms with van der Waals surface area (Å²) in [5.74, 6) is -4.82. The van der Waals surface area contributed by atoms with E-state index in [0.717, 1.165) is 5.56 Å². The molecule has 0 saturated carbocycles. The Morgan fingerprint density at radius 2 is 1.96 bits per heavy atom. The SMILES string of the molecule is O=C(C1CN(Cc2ccccc2)CCC1(F)F)N1CCC[C@@H](O)C1. The highest BCUT2D eigenvalue weighted by Gasteiger charge is 2.49. The number of amides is 1. The van der Waals surface area contributed by atoms with Crippen LogP contribution in [0.5, 0.6) is 0 Å². The Bertz CT molecular complexity index is 567. The smallest absolute Gasteiger partial charge is 0.262 e. The molecule has 1 N–H and O–H groups in total. The fourth-order valence-corrected chi connectivity index (χ4v) is 3.58. The average molecular weight is 338 g/mol. The number of hydrogen-bond acceptors (Lipinski definition) is 3. The molecule has 2 aliphatic heterocycles. The summed E-state index contributed by atoms with van der Waals surface area (Å²) in [6.07, 6.45) is 0.400. The largest absolute Gasteiger partial charge is 0.391 e. The Labute approximate surface area is 141 Å². The summed E-state index contributed by atoms with van der Waals surface area (Å²) >= 11 is 0. The molecule has 2 atom stereocenters. The van der Waals surface area contributed by atoms with Crippen LogP contribution in [0.4, 0.5) is 8.78 Å². The lowest BCUT2D eigenvalue weighted by atomic mass is 9.91. The number of halogens is 2. The fourth-order valence-electron chi connectivity index (χ4n) is 3.58. The topological polar surface area (TPSA) is 43.8 Å². The molecule has 1 unspecified atom stereocenters. The molecular weight excluding hydrogens is 314 g/mol. The van der Waals surface area contributed by atoms with Gasteiger partial charge in [0.1, 0.15) is 5.92 Å². The lowest BCUT2D eigenvalue weighted by Gasteiger charge is -2.41. The van der Waals surface area contributed by atoms with Gasteiger partial charge >= 0.3 is 0 Å². The minimum atomic E-state index is -2.98. The number of aliphatic hydroxyl groups excluding tert-OH is 1. The van der Waals surface area contributed by atoms with Gasteiger partial charge in [-0.3, -0.25) is 9.69 Å². The lowest BCUT2D eigenvalue weighted by molar-refractivity contribution is -0.163. The third kappa shape index (κ3) is 3.92. The second-order valence-corrected chi connectivity index (χ2v) is 6.86. The predicted molar refractivity (Wildman–Crippen MR) is 86.6 cm³/mol. The van der Waals surface area contributed by atoms with Crippen molar-refractivity contribution in [3.05, 3.63) is 35.9 Å². The third-order valence-corrected chi connectivity index (χ3v) is 4.97. The highest BCUT2D eigenvalue weighted by molar-refractivity contribution is 5.80. The highest BCUT2D eigenvalue weighted by Crippen LogP contribution is 2.35. The first-order valence-electron chi connectivity index (χ1n) is 8.56. The van der Waals surface area contributed by atoms with Crippen LogP contribution >= 0.6 is 0 Å². The summed E-state index contributed by atoms with van der Waals surface area (Å²) in [7, 11) is 0. The minimum absolute atomic E-state index is 0.0628. The fraction of sp³-hybridized carbons (Fsp3) is 0.611. The van der Waals surface area contributed by atoms with E-state index in [2.05, 4.69) is 0 Å². The van der Waals surface area contributed by atoms with Crippen molar-refractivity contribution in [1.29, 1.82) is 0 Å². The highest BCUT2D eigenvalue weighted by atomic mass is 19.3. The zero-order chi connectivity index (χ0) is 17.2. The van der Waals surface area contributed by atoms with Crippen LogP contribution in [0.2, 0.25) is 0 Å². The van der Waals surface area contributed by atoms with E-state index in [-0.39, 0.29) is 26.1 Å². The molecule has 2 heterocycles. The molecule has 2 aliphatic rings. The second-order valence-electron chi connectivity index (χ2n) is 6.86. The van der Waals surface area contributed by atoms with E-state index in [1.807, 2.05) is 35.2 Å². The Kier molecular flexibility index (Phi) is 5.15. The zero-order valence-corrected chi connectivity index (χ0v) is 13.7. The number of rotatable bonds is 3. The molecule has 1 amide bonds. The third-order valence-electron chi connectivity index (χ3n) is 4.97. The summed E-state index contributed by atoms with van der Waals surface area (Å²) in [6.45, 7) is 1.55. The van der Waals surface area contributed by atoms with E-state index in [1.165, 1.54) is 4.90 Å². The number of nitrogens with zero attached hydrogens (tertiary/aromatic N) is 2. The molecule has 0 aliphatic carbocycles. The van der Waals surface area contributed by atoms with Crippen molar-refractivity contribution in [1.82, 2.24) is 9.80 Å². The van der Waals surface area contributed by atoms with Crippen molar-refractivity contribution >= 4 is 5.91 Å². The normalized spacial score (nSPS) is 27.9. The minimum Gasteiger partial charge on any atom is -0.391 e. The van der Waals surface area contributed by atoms with Crippen LogP contribution in [0, 0.1) is 5.92 Å². The van der Waals surface area contributed by atoms with Crippen LogP contribution < -0.4 is 0 Å². The number of alkyl halides is 2. The number of hydrogen-bond donors (Lipinski definition) is 1. The molecule has 24 heavy (non-hydrogen) atoms. The molecule has 1 aromatic carbocycles. The maximum Gasteiger partial charge on any atom is 0.262 e. The molecule has 6 heteroatoms. The van der Waals surface area contributed by atoms with Gasteiger partial charge in [-0.2, -0.15) is 0 Å². The number of aliphatic hydroxyl groups is 1. The van der Waals surface area contributed by atoms with Gasteiger partial charge in [0.15, 0.2) is 0 Å². The van der Waals surface area contributed by atoms with Gasteiger partial charge in [0.2, 0.25) is 5.91 Å². The van der Waals surface area contributed by atoms with Crippen molar-refractivity contribution in [3.63, 3.8) is 0 Å². The predicted octanol–water partition coefficient (Wildman–Crippen LogP) is 2.13. The number of piperidine rings is 2. The summed E-state index contributed by atoms with van der Waals surface area (Å²) in [5, 5.41) is 9.71. The van der Waals surface area contributed by atoms with E-state index in [4.69, 9.17) is 0 Å². The van der Waals surface area contributed by atoms with Gasteiger partial charge in [-0.1, -0.05) is 30.3 Å². The van der Waals surface area contributed by atoms with Gasteiger partial charge in [0.05, 0.1) is 6.10 Å². The molecule has 4 nitrogen and oxygen atoms in total. The van der Waals surface area contributed by atoms with Gasteiger partial charge in [0, 0.05) is 39.1 Å². The lowest BCUT2D eigenvalue weighted by Crippen LogP contribution is -2.55. The first-order chi connectivity index (χ1) is 11.5. The van der Waals surface area contributed by atoms with Crippen LogP contribution in [0.3, 0.4) is 0 Å². The van der Waals surface area contributed by atoms with E-state index in [1.54, 1.807) is 0 Å². The van der Waals surface area contributed by atoms with Crippen molar-refractivity contribution in [2.45, 2.75) is 37.8 Å². The Balaban J connectivity index is 1.68. The van der Waals surface area contributed by atoms with E-state index in [9.17, 15) is 18.7 Å². The average Bonchev–Trinajstić information content (AvgIpc) is 2.57. The van der Waals surface area contributed by atoms with Crippen molar-refractivity contribution in [3.8, 4) is 0 Å². The molecule has 0 aromatic heterocycles. The molecule has 3 rings (SSSR count). The van der Waals surface area contributed by atoms with E-state index < -0.39 is 23.9 Å². The Morgan fingerprint density at radius 1 is 1.21 bits per heavy atom. The van der Waals surface area contributed by atoms with Crippen molar-refractivity contribution in [2.24, 2.45) is 5.92 Å². The van der Waals surface area contributed by atoms with Crippen LogP contribution in [0.15, 0.2) is 30.3 Å². The molecule has 132 valence electrons.